The fourth-order valence-corrected chi connectivity index (χ4v) is 3.85. The van der Waals surface area contributed by atoms with Crippen LogP contribution in [0.25, 0.3) is 0 Å². The summed E-state index contributed by atoms with van der Waals surface area (Å²) >= 11 is 9.30. The van der Waals surface area contributed by atoms with Crippen LogP contribution in [-0.4, -0.2) is 28.5 Å². The molecule has 2 aromatic rings. The molecule has 0 radical (unpaired) electrons. The van der Waals surface area contributed by atoms with Crippen LogP contribution < -0.4 is 14.2 Å². The Bertz CT molecular complexity index is 884. The van der Waals surface area contributed by atoms with Gasteiger partial charge in [0.15, 0.2) is 11.5 Å². The fraction of sp³-hybridized carbons (Fsp3) is 0.188. The van der Waals surface area contributed by atoms with Gasteiger partial charge in [0.1, 0.15) is 4.90 Å². The van der Waals surface area contributed by atoms with Gasteiger partial charge in [-0.2, -0.15) is 0 Å². The average Bonchev–Trinajstić information content (AvgIpc) is 2.55. The molecular weight excluding hydrogens is 434 g/mol. The lowest BCUT2D eigenvalue weighted by Crippen LogP contribution is -2.32. The van der Waals surface area contributed by atoms with Crippen LogP contribution in [0.1, 0.15) is 5.56 Å². The van der Waals surface area contributed by atoms with Crippen LogP contribution in [0, 0.1) is 0 Å². The normalized spacial score (nSPS) is 11.0. The topological polar surface area (TPSA) is 81.7 Å². The van der Waals surface area contributed by atoms with Crippen molar-refractivity contribution in [3.8, 4) is 11.5 Å². The Morgan fingerprint density at radius 2 is 1.68 bits per heavy atom. The van der Waals surface area contributed by atoms with Gasteiger partial charge in [-0.1, -0.05) is 39.7 Å². The van der Waals surface area contributed by atoms with E-state index in [2.05, 4.69) is 15.9 Å². The van der Waals surface area contributed by atoms with Gasteiger partial charge in [0.25, 0.3) is 10.0 Å². The van der Waals surface area contributed by atoms with Crippen molar-refractivity contribution in [2.75, 3.05) is 14.2 Å². The van der Waals surface area contributed by atoms with Gasteiger partial charge in [0.2, 0.25) is 5.91 Å². The number of ether oxygens (including phenoxy) is 2. The minimum Gasteiger partial charge on any atom is -0.493 e. The summed E-state index contributed by atoms with van der Waals surface area (Å²) < 4.78 is 37.9. The summed E-state index contributed by atoms with van der Waals surface area (Å²) in [6, 6.07) is 9.49. The molecule has 0 spiro atoms. The summed E-state index contributed by atoms with van der Waals surface area (Å²) in [6.07, 6.45) is -0.0859. The van der Waals surface area contributed by atoms with Crippen LogP contribution >= 0.6 is 27.5 Å². The number of amides is 1. The van der Waals surface area contributed by atoms with Crippen molar-refractivity contribution in [1.82, 2.24) is 4.72 Å². The number of benzene rings is 2. The smallest absolute Gasteiger partial charge is 0.265 e. The zero-order valence-electron chi connectivity index (χ0n) is 13.4. The SMILES string of the molecule is COc1cc(Cl)c(S(=O)(=O)NC(=O)Cc2ccc(Br)cc2)cc1OC. The van der Waals surface area contributed by atoms with Crippen molar-refractivity contribution in [3.63, 3.8) is 0 Å². The van der Waals surface area contributed by atoms with E-state index in [1.54, 1.807) is 24.3 Å². The highest BCUT2D eigenvalue weighted by atomic mass is 79.9. The number of nitrogens with one attached hydrogen (secondary N) is 1. The molecular formula is C16H15BrClNO5S. The van der Waals surface area contributed by atoms with Gasteiger partial charge in [-0.05, 0) is 17.7 Å². The number of sulfonamides is 1. The van der Waals surface area contributed by atoms with Gasteiger partial charge in [-0.25, -0.2) is 13.1 Å². The van der Waals surface area contributed by atoms with E-state index in [9.17, 15) is 13.2 Å². The van der Waals surface area contributed by atoms with E-state index in [1.807, 2.05) is 4.72 Å². The highest BCUT2D eigenvalue weighted by Crippen LogP contribution is 2.35. The number of methoxy groups -OCH3 is 2. The second kappa shape index (κ2) is 8.07. The lowest BCUT2D eigenvalue weighted by molar-refractivity contribution is -0.118. The molecule has 134 valence electrons. The minimum atomic E-state index is -4.15. The van der Waals surface area contributed by atoms with E-state index >= 15 is 0 Å². The first-order valence-electron chi connectivity index (χ1n) is 6.98. The second-order valence-corrected chi connectivity index (χ2v) is 7.94. The first kappa shape index (κ1) is 19.6. The molecule has 1 N–H and O–H groups in total. The Balaban J connectivity index is 2.23. The summed E-state index contributed by atoms with van der Waals surface area (Å²) in [5, 5.41) is -0.0819. The molecule has 9 heteroatoms. The Hall–Kier alpha value is -1.77. The molecule has 6 nitrogen and oxygen atoms in total. The molecule has 25 heavy (non-hydrogen) atoms. The molecule has 0 atom stereocenters. The van der Waals surface area contributed by atoms with Gasteiger partial charge < -0.3 is 9.47 Å². The van der Waals surface area contributed by atoms with Gasteiger partial charge in [0, 0.05) is 16.6 Å². The van der Waals surface area contributed by atoms with E-state index in [0.29, 0.717) is 5.56 Å². The van der Waals surface area contributed by atoms with Crippen LogP contribution in [0.3, 0.4) is 0 Å². The zero-order valence-corrected chi connectivity index (χ0v) is 16.5. The number of halogens is 2. The maximum atomic E-state index is 12.5. The molecule has 0 aliphatic heterocycles. The van der Waals surface area contributed by atoms with Crippen molar-refractivity contribution >= 4 is 43.5 Å². The van der Waals surface area contributed by atoms with Crippen LogP contribution in [0.2, 0.25) is 5.02 Å². The van der Waals surface area contributed by atoms with Gasteiger partial charge in [-0.15, -0.1) is 0 Å². The predicted molar refractivity (Wildman–Crippen MR) is 97.7 cm³/mol. The first-order chi connectivity index (χ1) is 11.8. The van der Waals surface area contributed by atoms with E-state index in [-0.39, 0.29) is 27.8 Å². The van der Waals surface area contributed by atoms with Crippen molar-refractivity contribution < 1.29 is 22.7 Å². The minimum absolute atomic E-state index is 0.0819. The number of carbonyl (C=O) groups excluding carboxylic acids is 1. The number of hydrogen-bond donors (Lipinski definition) is 1. The quantitative estimate of drug-likeness (QED) is 0.734. The van der Waals surface area contributed by atoms with Crippen molar-refractivity contribution in [2.45, 2.75) is 11.3 Å². The summed E-state index contributed by atoms with van der Waals surface area (Å²) in [4.78, 5) is 11.8. The van der Waals surface area contributed by atoms with Crippen LogP contribution in [0.5, 0.6) is 11.5 Å². The molecule has 2 rings (SSSR count). The molecule has 0 saturated heterocycles. The van der Waals surface area contributed by atoms with Crippen LogP contribution in [-0.2, 0) is 21.2 Å². The third kappa shape index (κ3) is 4.87. The average molecular weight is 449 g/mol. The van der Waals surface area contributed by atoms with Gasteiger partial charge in [0.05, 0.1) is 25.7 Å². The van der Waals surface area contributed by atoms with E-state index in [0.717, 1.165) is 4.47 Å². The Morgan fingerprint density at radius 3 is 2.24 bits per heavy atom. The monoisotopic (exact) mass is 447 g/mol. The molecule has 1 amide bonds. The maximum Gasteiger partial charge on any atom is 0.265 e. The van der Waals surface area contributed by atoms with Crippen molar-refractivity contribution in [1.29, 1.82) is 0 Å². The lowest BCUT2D eigenvalue weighted by Gasteiger charge is -2.13. The molecule has 2 aromatic carbocycles. The summed E-state index contributed by atoms with van der Waals surface area (Å²) in [7, 11) is -1.38. The van der Waals surface area contributed by atoms with Gasteiger partial charge >= 0.3 is 0 Å². The largest absolute Gasteiger partial charge is 0.493 e. The third-order valence-electron chi connectivity index (χ3n) is 3.25. The highest BCUT2D eigenvalue weighted by Gasteiger charge is 2.23. The van der Waals surface area contributed by atoms with Gasteiger partial charge in [-0.3, -0.25) is 4.79 Å². The highest BCUT2D eigenvalue weighted by molar-refractivity contribution is 9.10. The predicted octanol–water partition coefficient (Wildman–Crippen LogP) is 3.17. The molecule has 0 saturated carbocycles. The molecule has 0 fully saturated rings. The zero-order chi connectivity index (χ0) is 18.6. The maximum absolute atomic E-state index is 12.5. The Morgan fingerprint density at radius 1 is 1.12 bits per heavy atom. The fourth-order valence-electron chi connectivity index (χ4n) is 2.07. The molecule has 0 unspecified atom stereocenters. The third-order valence-corrected chi connectivity index (χ3v) is 5.62. The number of rotatable bonds is 6. The van der Waals surface area contributed by atoms with Crippen molar-refractivity contribution in [2.24, 2.45) is 0 Å². The van der Waals surface area contributed by atoms with Crippen LogP contribution in [0.15, 0.2) is 45.8 Å². The summed E-state index contributed by atoms with van der Waals surface area (Å²) in [5.74, 6) is -0.201. The van der Waals surface area contributed by atoms with E-state index < -0.39 is 15.9 Å². The van der Waals surface area contributed by atoms with Crippen LogP contribution in [0.4, 0.5) is 0 Å². The molecule has 0 aliphatic carbocycles. The lowest BCUT2D eigenvalue weighted by atomic mass is 10.1. The van der Waals surface area contributed by atoms with Crippen molar-refractivity contribution in [3.05, 3.63) is 51.5 Å². The Kier molecular flexibility index (Phi) is 6.31. The number of hydrogen-bond acceptors (Lipinski definition) is 5. The summed E-state index contributed by atoms with van der Waals surface area (Å²) in [5.41, 5.74) is 0.675. The summed E-state index contributed by atoms with van der Waals surface area (Å²) in [6.45, 7) is 0. The van der Waals surface area contributed by atoms with E-state index in [4.69, 9.17) is 21.1 Å². The molecule has 0 aromatic heterocycles. The first-order valence-corrected chi connectivity index (χ1v) is 9.64. The standard InChI is InChI=1S/C16H15BrClNO5S/c1-23-13-8-12(18)15(9-14(13)24-2)25(21,22)19-16(20)7-10-3-5-11(17)6-4-10/h3-6,8-9H,7H2,1-2H3,(H,19,20). The number of carbonyl (C=O) groups is 1. The molecule has 0 aliphatic rings. The molecule has 0 heterocycles. The van der Waals surface area contributed by atoms with E-state index in [1.165, 1.54) is 26.4 Å². The Labute approximate surface area is 159 Å². The molecule has 0 bridgehead atoms. The second-order valence-electron chi connectivity index (χ2n) is 4.97.